The van der Waals surface area contributed by atoms with Gasteiger partial charge in [0.25, 0.3) is 0 Å². The van der Waals surface area contributed by atoms with Crippen LogP contribution in [0.5, 0.6) is 0 Å². The Morgan fingerprint density at radius 3 is 2.67 bits per heavy atom. The van der Waals surface area contributed by atoms with Crippen LogP contribution in [0.2, 0.25) is 0 Å². The molecule has 1 aliphatic rings. The topological polar surface area (TPSA) is 20.3 Å². The van der Waals surface area contributed by atoms with Gasteiger partial charge in [0.15, 0.2) is 5.78 Å². The number of ketones is 1. The number of carbonyl (C=O) groups is 1. The van der Waals surface area contributed by atoms with E-state index in [1.54, 1.807) is 12.1 Å². The Kier molecular flexibility index (Phi) is 4.00. The van der Waals surface area contributed by atoms with Gasteiger partial charge in [-0.15, -0.1) is 0 Å². The van der Waals surface area contributed by atoms with Crippen LogP contribution in [0.15, 0.2) is 48.5 Å². The molecule has 0 radical (unpaired) electrons. The van der Waals surface area contributed by atoms with Gasteiger partial charge in [-0.2, -0.15) is 0 Å². The quantitative estimate of drug-likeness (QED) is 0.777. The monoisotopic (exact) mass is 283 g/mol. The molecule has 0 saturated carbocycles. The lowest BCUT2D eigenvalue weighted by Crippen LogP contribution is -2.22. The van der Waals surface area contributed by atoms with E-state index in [2.05, 4.69) is 29.2 Å². The van der Waals surface area contributed by atoms with Gasteiger partial charge in [-0.25, -0.2) is 4.39 Å². The van der Waals surface area contributed by atoms with Crippen molar-refractivity contribution in [3.63, 3.8) is 0 Å². The summed E-state index contributed by atoms with van der Waals surface area (Å²) in [6.07, 6.45) is 2.41. The highest BCUT2D eigenvalue weighted by Gasteiger charge is 2.17. The summed E-state index contributed by atoms with van der Waals surface area (Å²) in [4.78, 5) is 14.4. The molecule has 2 nitrogen and oxygen atoms in total. The summed E-state index contributed by atoms with van der Waals surface area (Å²) < 4.78 is 12.8. The van der Waals surface area contributed by atoms with E-state index in [-0.39, 0.29) is 11.6 Å². The molecule has 3 heteroatoms. The average Bonchev–Trinajstić information content (AvgIpc) is 2.91. The van der Waals surface area contributed by atoms with Crippen LogP contribution in [-0.2, 0) is 6.42 Å². The Morgan fingerprint density at radius 2 is 1.86 bits per heavy atom. The van der Waals surface area contributed by atoms with E-state index in [0.717, 1.165) is 25.9 Å². The maximum atomic E-state index is 12.8. The Bertz CT molecular complexity index is 636. The standard InChI is InChI=1S/C18H18FNO/c19-16-9-7-15(8-10-16)18(21)6-3-12-20-13-11-14-4-1-2-5-17(14)20/h1-2,4-5,7-10H,3,6,11-13H2. The number of benzene rings is 2. The highest BCUT2D eigenvalue weighted by molar-refractivity contribution is 5.96. The van der Waals surface area contributed by atoms with Gasteiger partial charge < -0.3 is 4.90 Å². The molecular formula is C18H18FNO. The fraction of sp³-hybridized carbons (Fsp3) is 0.278. The lowest BCUT2D eigenvalue weighted by atomic mass is 10.1. The van der Waals surface area contributed by atoms with Gasteiger partial charge in [0.05, 0.1) is 0 Å². The fourth-order valence-electron chi connectivity index (χ4n) is 2.85. The van der Waals surface area contributed by atoms with Crippen molar-refractivity contribution in [1.82, 2.24) is 0 Å². The molecule has 0 fully saturated rings. The van der Waals surface area contributed by atoms with Crippen LogP contribution in [0.1, 0.15) is 28.8 Å². The molecule has 3 rings (SSSR count). The number of fused-ring (bicyclic) bond motifs is 1. The summed E-state index contributed by atoms with van der Waals surface area (Å²) in [6.45, 7) is 1.92. The van der Waals surface area contributed by atoms with Crippen LogP contribution in [0, 0.1) is 5.82 Å². The second-order valence-corrected chi connectivity index (χ2v) is 5.40. The van der Waals surface area contributed by atoms with Gasteiger partial charge in [0.1, 0.15) is 5.82 Å². The minimum atomic E-state index is -0.305. The van der Waals surface area contributed by atoms with Crippen molar-refractivity contribution < 1.29 is 9.18 Å². The van der Waals surface area contributed by atoms with Crippen LogP contribution in [0.25, 0.3) is 0 Å². The van der Waals surface area contributed by atoms with Crippen molar-refractivity contribution in [2.75, 3.05) is 18.0 Å². The Labute approximate surface area is 124 Å². The fourth-order valence-corrected chi connectivity index (χ4v) is 2.85. The molecule has 0 amide bonds. The van der Waals surface area contributed by atoms with E-state index in [9.17, 15) is 9.18 Å². The maximum absolute atomic E-state index is 12.8. The van der Waals surface area contributed by atoms with Crippen LogP contribution < -0.4 is 4.90 Å². The number of hydrogen-bond donors (Lipinski definition) is 0. The van der Waals surface area contributed by atoms with Crippen molar-refractivity contribution in [3.05, 3.63) is 65.5 Å². The Morgan fingerprint density at radius 1 is 1.10 bits per heavy atom. The average molecular weight is 283 g/mol. The lowest BCUT2D eigenvalue weighted by molar-refractivity contribution is 0.0980. The number of anilines is 1. The number of hydrogen-bond acceptors (Lipinski definition) is 2. The van der Waals surface area contributed by atoms with Crippen molar-refractivity contribution in [2.45, 2.75) is 19.3 Å². The maximum Gasteiger partial charge on any atom is 0.162 e. The van der Waals surface area contributed by atoms with Crippen molar-refractivity contribution in [2.24, 2.45) is 0 Å². The van der Waals surface area contributed by atoms with Crippen molar-refractivity contribution in [1.29, 1.82) is 0 Å². The molecule has 0 spiro atoms. The first-order valence-electron chi connectivity index (χ1n) is 7.35. The second kappa shape index (κ2) is 6.08. The van der Waals surface area contributed by atoms with E-state index < -0.39 is 0 Å². The number of Topliss-reactive ketones (excluding diaryl/α,β-unsaturated/α-hetero) is 1. The summed E-state index contributed by atoms with van der Waals surface area (Å²) >= 11 is 0. The molecule has 0 aromatic heterocycles. The number of carbonyl (C=O) groups excluding carboxylic acids is 1. The first-order chi connectivity index (χ1) is 10.2. The van der Waals surface area contributed by atoms with Crippen LogP contribution in [0.4, 0.5) is 10.1 Å². The van der Waals surface area contributed by atoms with Crippen LogP contribution in [-0.4, -0.2) is 18.9 Å². The molecule has 2 aromatic rings. The summed E-state index contributed by atoms with van der Waals surface area (Å²) in [7, 11) is 0. The highest BCUT2D eigenvalue weighted by atomic mass is 19.1. The molecule has 108 valence electrons. The zero-order valence-electron chi connectivity index (χ0n) is 11.9. The molecular weight excluding hydrogens is 265 g/mol. The van der Waals surface area contributed by atoms with Crippen LogP contribution in [0.3, 0.4) is 0 Å². The third-order valence-corrected chi connectivity index (χ3v) is 3.98. The minimum absolute atomic E-state index is 0.0856. The molecule has 0 N–H and O–H groups in total. The molecule has 0 unspecified atom stereocenters. The number of nitrogens with zero attached hydrogens (tertiary/aromatic N) is 1. The summed E-state index contributed by atoms with van der Waals surface area (Å²) in [5.41, 5.74) is 3.28. The van der Waals surface area contributed by atoms with E-state index in [1.165, 1.54) is 23.4 Å². The van der Waals surface area contributed by atoms with Gasteiger partial charge >= 0.3 is 0 Å². The van der Waals surface area contributed by atoms with Crippen molar-refractivity contribution in [3.8, 4) is 0 Å². The summed E-state index contributed by atoms with van der Waals surface area (Å²) in [5, 5.41) is 0. The first kappa shape index (κ1) is 13.8. The van der Waals surface area contributed by atoms with Gasteiger partial charge in [0.2, 0.25) is 0 Å². The summed E-state index contributed by atoms with van der Waals surface area (Å²) in [5.74, 6) is -0.220. The molecule has 0 atom stereocenters. The van der Waals surface area contributed by atoms with E-state index >= 15 is 0 Å². The lowest BCUT2D eigenvalue weighted by Gasteiger charge is -2.18. The van der Waals surface area contributed by atoms with E-state index in [0.29, 0.717) is 12.0 Å². The zero-order chi connectivity index (χ0) is 14.7. The smallest absolute Gasteiger partial charge is 0.162 e. The first-order valence-corrected chi connectivity index (χ1v) is 7.35. The predicted octanol–water partition coefficient (Wildman–Crippen LogP) is 3.85. The Balaban J connectivity index is 1.53. The Hall–Kier alpha value is -2.16. The van der Waals surface area contributed by atoms with Gasteiger partial charge in [-0.1, -0.05) is 18.2 Å². The minimum Gasteiger partial charge on any atom is -0.371 e. The molecule has 2 aromatic carbocycles. The van der Waals surface area contributed by atoms with Gasteiger partial charge in [0, 0.05) is 30.8 Å². The number of para-hydroxylation sites is 1. The zero-order valence-corrected chi connectivity index (χ0v) is 11.9. The SMILES string of the molecule is O=C(CCCN1CCc2ccccc21)c1ccc(F)cc1. The molecule has 1 aliphatic heterocycles. The molecule has 1 heterocycles. The molecule has 0 saturated heterocycles. The van der Waals surface area contributed by atoms with E-state index in [4.69, 9.17) is 0 Å². The molecule has 0 aliphatic carbocycles. The molecule has 21 heavy (non-hydrogen) atoms. The van der Waals surface area contributed by atoms with E-state index in [1.807, 2.05) is 0 Å². The van der Waals surface area contributed by atoms with Gasteiger partial charge in [-0.05, 0) is 48.7 Å². The molecule has 0 bridgehead atoms. The normalized spacial score (nSPS) is 13.3. The van der Waals surface area contributed by atoms with Crippen LogP contribution >= 0.6 is 0 Å². The summed E-state index contributed by atoms with van der Waals surface area (Å²) in [6, 6.07) is 14.2. The largest absolute Gasteiger partial charge is 0.371 e. The van der Waals surface area contributed by atoms with Gasteiger partial charge in [-0.3, -0.25) is 4.79 Å². The third kappa shape index (κ3) is 3.13. The van der Waals surface area contributed by atoms with Crippen molar-refractivity contribution >= 4 is 11.5 Å². The second-order valence-electron chi connectivity index (χ2n) is 5.40. The third-order valence-electron chi connectivity index (χ3n) is 3.98. The predicted molar refractivity (Wildman–Crippen MR) is 82.3 cm³/mol. The number of halogens is 1. The number of rotatable bonds is 5. The highest BCUT2D eigenvalue weighted by Crippen LogP contribution is 2.27.